The van der Waals surface area contributed by atoms with Crippen LogP contribution in [0.25, 0.3) is 0 Å². The average Bonchev–Trinajstić information content (AvgIpc) is 2.48. The first kappa shape index (κ1) is 15.7. The molecular weight excluding hydrogens is 284 g/mol. The fraction of sp³-hybridized carbons (Fsp3) is 0.250. The highest BCUT2D eigenvalue weighted by Gasteiger charge is 2.18. The molecule has 0 saturated carbocycles. The smallest absolute Gasteiger partial charge is 0.240 e. The van der Waals surface area contributed by atoms with Crippen LogP contribution in [0.5, 0.6) is 0 Å². The zero-order valence-electron chi connectivity index (χ0n) is 12.2. The maximum Gasteiger partial charge on any atom is 0.240 e. The lowest BCUT2D eigenvalue weighted by molar-refractivity contribution is 0.571. The van der Waals surface area contributed by atoms with Crippen molar-refractivity contribution in [3.63, 3.8) is 0 Å². The fourth-order valence-electron chi connectivity index (χ4n) is 2.09. The van der Waals surface area contributed by atoms with Gasteiger partial charge in [-0.25, -0.2) is 13.1 Å². The fourth-order valence-corrected chi connectivity index (χ4v) is 3.48. The molecule has 0 heterocycles. The highest BCUT2D eigenvalue weighted by Crippen LogP contribution is 2.17. The molecule has 5 heteroatoms. The van der Waals surface area contributed by atoms with Crippen molar-refractivity contribution in [2.75, 3.05) is 6.54 Å². The summed E-state index contributed by atoms with van der Waals surface area (Å²) in [4.78, 5) is 0.308. The highest BCUT2D eigenvalue weighted by molar-refractivity contribution is 7.89. The third-order valence-corrected chi connectivity index (χ3v) is 4.92. The minimum absolute atomic E-state index is 0.166. The van der Waals surface area contributed by atoms with E-state index in [-0.39, 0.29) is 12.6 Å². The van der Waals surface area contributed by atoms with Crippen LogP contribution in [-0.4, -0.2) is 15.0 Å². The van der Waals surface area contributed by atoms with Crippen LogP contribution in [0.1, 0.15) is 22.7 Å². The Bertz CT molecular complexity index is 712. The highest BCUT2D eigenvalue weighted by atomic mass is 32.2. The molecule has 3 N–H and O–H groups in total. The van der Waals surface area contributed by atoms with Crippen LogP contribution in [0.15, 0.2) is 53.4 Å². The molecule has 0 amide bonds. The van der Waals surface area contributed by atoms with Crippen molar-refractivity contribution >= 4 is 10.0 Å². The number of nitrogens with one attached hydrogen (secondary N) is 1. The second-order valence-corrected chi connectivity index (χ2v) is 6.87. The van der Waals surface area contributed by atoms with Crippen molar-refractivity contribution in [1.82, 2.24) is 4.72 Å². The molecule has 0 fully saturated rings. The summed E-state index contributed by atoms with van der Waals surface area (Å²) in [6, 6.07) is 14.4. The number of rotatable bonds is 5. The first-order chi connectivity index (χ1) is 9.90. The molecule has 0 bridgehead atoms. The van der Waals surface area contributed by atoms with Crippen molar-refractivity contribution in [3.8, 4) is 0 Å². The molecule has 0 saturated heterocycles. The molecule has 0 aliphatic carbocycles. The molecular formula is C16H20N2O2S. The van der Waals surface area contributed by atoms with Crippen LogP contribution in [0.4, 0.5) is 0 Å². The number of aryl methyl sites for hydroxylation is 2. The van der Waals surface area contributed by atoms with Crippen LogP contribution in [0.2, 0.25) is 0 Å². The number of sulfonamides is 1. The summed E-state index contributed by atoms with van der Waals surface area (Å²) in [6.07, 6.45) is 0. The van der Waals surface area contributed by atoms with E-state index < -0.39 is 10.0 Å². The van der Waals surface area contributed by atoms with Crippen molar-refractivity contribution in [2.45, 2.75) is 24.8 Å². The lowest BCUT2D eigenvalue weighted by Crippen LogP contribution is -2.32. The minimum Gasteiger partial charge on any atom is -0.323 e. The molecule has 4 nitrogen and oxygen atoms in total. The van der Waals surface area contributed by atoms with Crippen LogP contribution in [0.3, 0.4) is 0 Å². The Balaban J connectivity index is 2.13. The Hall–Kier alpha value is -1.69. The SMILES string of the molecule is Cc1ccc(C)c(S(=O)(=O)NCC(N)c2ccccc2)c1. The van der Waals surface area contributed by atoms with E-state index >= 15 is 0 Å². The average molecular weight is 304 g/mol. The normalized spacial score (nSPS) is 13.1. The third kappa shape index (κ3) is 3.91. The molecule has 2 rings (SSSR count). The van der Waals surface area contributed by atoms with Gasteiger partial charge in [0, 0.05) is 12.6 Å². The van der Waals surface area contributed by atoms with E-state index in [0.29, 0.717) is 4.90 Å². The van der Waals surface area contributed by atoms with Gasteiger partial charge < -0.3 is 5.73 Å². The Labute approximate surface area is 126 Å². The van der Waals surface area contributed by atoms with Crippen molar-refractivity contribution in [1.29, 1.82) is 0 Å². The Morgan fingerprint density at radius 2 is 1.76 bits per heavy atom. The maximum absolute atomic E-state index is 12.4. The standard InChI is InChI=1S/C16H20N2O2S/c1-12-8-9-13(2)16(10-12)21(19,20)18-11-15(17)14-6-4-3-5-7-14/h3-10,15,18H,11,17H2,1-2H3. The first-order valence-corrected chi connectivity index (χ1v) is 8.26. The van der Waals surface area contributed by atoms with Crippen LogP contribution in [-0.2, 0) is 10.0 Å². The van der Waals surface area contributed by atoms with Gasteiger partial charge in [-0.1, -0.05) is 42.5 Å². The first-order valence-electron chi connectivity index (χ1n) is 6.77. The van der Waals surface area contributed by atoms with Gasteiger partial charge >= 0.3 is 0 Å². The van der Waals surface area contributed by atoms with Crippen LogP contribution < -0.4 is 10.5 Å². The molecule has 2 aromatic rings. The Kier molecular flexibility index (Phi) is 4.77. The van der Waals surface area contributed by atoms with E-state index in [4.69, 9.17) is 5.73 Å². The summed E-state index contributed by atoms with van der Waals surface area (Å²) in [5.74, 6) is 0. The monoisotopic (exact) mass is 304 g/mol. The van der Waals surface area contributed by atoms with Gasteiger partial charge in [-0.3, -0.25) is 0 Å². The molecule has 0 spiro atoms. The molecule has 21 heavy (non-hydrogen) atoms. The predicted molar refractivity (Wildman–Crippen MR) is 84.5 cm³/mol. The Morgan fingerprint density at radius 1 is 1.10 bits per heavy atom. The van der Waals surface area contributed by atoms with Gasteiger partial charge in [-0.05, 0) is 36.6 Å². The summed E-state index contributed by atoms with van der Waals surface area (Å²) in [5, 5.41) is 0. The molecule has 0 aliphatic rings. The molecule has 1 unspecified atom stereocenters. The number of nitrogens with two attached hydrogens (primary N) is 1. The van der Waals surface area contributed by atoms with Gasteiger partial charge in [0.1, 0.15) is 0 Å². The maximum atomic E-state index is 12.4. The number of benzene rings is 2. The lowest BCUT2D eigenvalue weighted by atomic mass is 10.1. The van der Waals surface area contributed by atoms with E-state index in [1.54, 1.807) is 19.1 Å². The molecule has 0 aliphatic heterocycles. The van der Waals surface area contributed by atoms with Gasteiger partial charge in [0.2, 0.25) is 10.0 Å². The predicted octanol–water partition coefficient (Wildman–Crippen LogP) is 2.28. The third-order valence-electron chi connectivity index (χ3n) is 3.35. The van der Waals surface area contributed by atoms with Crippen molar-refractivity contribution in [3.05, 3.63) is 65.2 Å². The van der Waals surface area contributed by atoms with E-state index in [2.05, 4.69) is 4.72 Å². The van der Waals surface area contributed by atoms with Gasteiger partial charge in [-0.2, -0.15) is 0 Å². The largest absolute Gasteiger partial charge is 0.323 e. The number of hydrogen-bond donors (Lipinski definition) is 2. The van der Waals surface area contributed by atoms with Gasteiger partial charge in [0.05, 0.1) is 4.90 Å². The summed E-state index contributed by atoms with van der Waals surface area (Å²) in [6.45, 7) is 3.82. The van der Waals surface area contributed by atoms with E-state index in [9.17, 15) is 8.42 Å². The van der Waals surface area contributed by atoms with Gasteiger partial charge in [0.25, 0.3) is 0 Å². The second-order valence-electron chi connectivity index (χ2n) is 5.14. The zero-order chi connectivity index (χ0) is 15.5. The Morgan fingerprint density at radius 3 is 2.43 bits per heavy atom. The van der Waals surface area contributed by atoms with Crippen LogP contribution >= 0.6 is 0 Å². The lowest BCUT2D eigenvalue weighted by Gasteiger charge is -2.14. The summed E-state index contributed by atoms with van der Waals surface area (Å²) in [5.41, 5.74) is 8.56. The van der Waals surface area contributed by atoms with E-state index in [1.807, 2.05) is 43.3 Å². The van der Waals surface area contributed by atoms with E-state index in [1.165, 1.54) is 0 Å². The second kappa shape index (κ2) is 6.39. The van der Waals surface area contributed by atoms with Crippen molar-refractivity contribution in [2.24, 2.45) is 5.73 Å². The van der Waals surface area contributed by atoms with Crippen LogP contribution in [0, 0.1) is 13.8 Å². The molecule has 1 atom stereocenters. The molecule has 2 aromatic carbocycles. The van der Waals surface area contributed by atoms with E-state index in [0.717, 1.165) is 16.7 Å². The van der Waals surface area contributed by atoms with Gasteiger partial charge in [-0.15, -0.1) is 0 Å². The number of hydrogen-bond acceptors (Lipinski definition) is 3. The molecule has 112 valence electrons. The zero-order valence-corrected chi connectivity index (χ0v) is 13.0. The summed E-state index contributed by atoms with van der Waals surface area (Å²) < 4.78 is 27.3. The quantitative estimate of drug-likeness (QED) is 0.890. The summed E-state index contributed by atoms with van der Waals surface area (Å²) in [7, 11) is -3.55. The van der Waals surface area contributed by atoms with Gasteiger partial charge in [0.15, 0.2) is 0 Å². The molecule has 0 aromatic heterocycles. The molecule has 0 radical (unpaired) electrons. The minimum atomic E-state index is -3.55. The topological polar surface area (TPSA) is 72.2 Å². The summed E-state index contributed by atoms with van der Waals surface area (Å²) >= 11 is 0. The van der Waals surface area contributed by atoms with Crippen molar-refractivity contribution < 1.29 is 8.42 Å².